The molecule has 102 valence electrons. The zero-order valence-electron chi connectivity index (χ0n) is 11.2. The van der Waals surface area contributed by atoms with E-state index >= 15 is 0 Å². The van der Waals surface area contributed by atoms with Crippen LogP contribution in [0.2, 0.25) is 5.02 Å². The van der Waals surface area contributed by atoms with Crippen molar-refractivity contribution < 1.29 is 9.15 Å². The molecule has 2 rings (SSSR count). The van der Waals surface area contributed by atoms with Gasteiger partial charge in [-0.3, -0.25) is 0 Å². The van der Waals surface area contributed by atoms with Crippen LogP contribution in [0.4, 0.5) is 0 Å². The molecule has 0 spiro atoms. The molecule has 0 amide bonds. The highest BCUT2D eigenvalue weighted by molar-refractivity contribution is 6.31. The molecule has 0 bridgehead atoms. The van der Waals surface area contributed by atoms with Crippen LogP contribution in [0.25, 0.3) is 0 Å². The maximum Gasteiger partial charge on any atom is 0.124 e. The van der Waals surface area contributed by atoms with Gasteiger partial charge in [0.25, 0.3) is 0 Å². The molecule has 19 heavy (non-hydrogen) atoms. The molecule has 2 aromatic rings. The molecule has 1 aromatic carbocycles. The second-order valence-corrected chi connectivity index (χ2v) is 4.69. The van der Waals surface area contributed by atoms with Gasteiger partial charge in [-0.25, -0.2) is 0 Å². The van der Waals surface area contributed by atoms with Gasteiger partial charge in [-0.1, -0.05) is 24.6 Å². The van der Waals surface area contributed by atoms with E-state index < -0.39 is 0 Å². The number of hydrogen-bond donors (Lipinski definition) is 1. The summed E-state index contributed by atoms with van der Waals surface area (Å²) in [5.41, 5.74) is 0.969. The molecule has 1 aromatic heterocycles. The largest absolute Gasteiger partial charge is 0.496 e. The van der Waals surface area contributed by atoms with E-state index in [0.717, 1.165) is 23.5 Å². The summed E-state index contributed by atoms with van der Waals surface area (Å²) in [6.45, 7) is 2.76. The summed E-state index contributed by atoms with van der Waals surface area (Å²) in [7, 11) is 1.65. The maximum atomic E-state index is 6.22. The van der Waals surface area contributed by atoms with Gasteiger partial charge >= 0.3 is 0 Å². The van der Waals surface area contributed by atoms with E-state index in [4.69, 9.17) is 20.8 Å². The fraction of sp³-hybridized carbons (Fsp3) is 0.333. The molecule has 3 nitrogen and oxygen atoms in total. The van der Waals surface area contributed by atoms with Crippen molar-refractivity contribution in [1.82, 2.24) is 5.32 Å². The molecule has 0 aliphatic carbocycles. The summed E-state index contributed by atoms with van der Waals surface area (Å²) < 4.78 is 10.8. The van der Waals surface area contributed by atoms with E-state index in [9.17, 15) is 0 Å². The second kappa shape index (κ2) is 6.64. The van der Waals surface area contributed by atoms with Crippen LogP contribution >= 0.6 is 11.6 Å². The molecule has 0 radical (unpaired) electrons. The van der Waals surface area contributed by atoms with Crippen LogP contribution in [0.5, 0.6) is 5.75 Å². The van der Waals surface area contributed by atoms with Crippen molar-refractivity contribution in [2.24, 2.45) is 0 Å². The van der Waals surface area contributed by atoms with Gasteiger partial charge in [0.1, 0.15) is 11.5 Å². The standard InChI is InChI=1S/C15H18ClNO2/c1-3-13(15-8-5-9-19-15)17-10-11-12(16)6-4-7-14(11)18-2/h4-9,13,17H,3,10H2,1-2H3. The fourth-order valence-corrected chi connectivity index (χ4v) is 2.30. The lowest BCUT2D eigenvalue weighted by Crippen LogP contribution is -2.20. The van der Waals surface area contributed by atoms with Gasteiger partial charge in [-0.15, -0.1) is 0 Å². The van der Waals surface area contributed by atoms with E-state index in [0.29, 0.717) is 11.6 Å². The van der Waals surface area contributed by atoms with Crippen molar-refractivity contribution in [1.29, 1.82) is 0 Å². The first-order valence-electron chi connectivity index (χ1n) is 6.34. The Bertz CT molecular complexity index is 511. The highest BCUT2D eigenvalue weighted by Crippen LogP contribution is 2.27. The molecule has 1 heterocycles. The van der Waals surface area contributed by atoms with Gasteiger partial charge in [0, 0.05) is 17.1 Å². The molecule has 0 fully saturated rings. The molecule has 1 atom stereocenters. The van der Waals surface area contributed by atoms with Gasteiger partial charge in [0.15, 0.2) is 0 Å². The van der Waals surface area contributed by atoms with Crippen molar-refractivity contribution >= 4 is 11.6 Å². The van der Waals surface area contributed by atoms with Gasteiger partial charge < -0.3 is 14.5 Å². The van der Waals surface area contributed by atoms with E-state index in [1.165, 1.54) is 0 Å². The fourth-order valence-electron chi connectivity index (χ4n) is 2.06. The molecule has 1 N–H and O–H groups in total. The lowest BCUT2D eigenvalue weighted by molar-refractivity contribution is 0.388. The molecule has 0 aliphatic heterocycles. The zero-order valence-corrected chi connectivity index (χ0v) is 11.9. The normalized spacial score (nSPS) is 12.4. The summed E-state index contributed by atoms with van der Waals surface area (Å²) in [6.07, 6.45) is 2.63. The number of methoxy groups -OCH3 is 1. The van der Waals surface area contributed by atoms with Crippen LogP contribution in [0.15, 0.2) is 41.0 Å². The average Bonchev–Trinajstić information content (AvgIpc) is 2.95. The molecular formula is C15H18ClNO2. The maximum absolute atomic E-state index is 6.22. The SMILES string of the molecule is CCC(NCc1c(Cl)cccc1OC)c1ccco1. The van der Waals surface area contributed by atoms with E-state index in [1.54, 1.807) is 13.4 Å². The predicted octanol–water partition coefficient (Wildman–Crippen LogP) is 4.18. The van der Waals surface area contributed by atoms with Gasteiger partial charge in [0.05, 0.1) is 19.4 Å². The van der Waals surface area contributed by atoms with Crippen molar-refractivity contribution in [3.05, 3.63) is 52.9 Å². The summed E-state index contributed by atoms with van der Waals surface area (Å²) in [5.74, 6) is 1.74. The van der Waals surface area contributed by atoms with Crippen LogP contribution in [-0.4, -0.2) is 7.11 Å². The lowest BCUT2D eigenvalue weighted by Gasteiger charge is -2.17. The number of rotatable bonds is 6. The average molecular weight is 280 g/mol. The minimum atomic E-state index is 0.177. The summed E-state index contributed by atoms with van der Waals surface area (Å²) in [6, 6.07) is 9.72. The van der Waals surface area contributed by atoms with Crippen LogP contribution in [0.3, 0.4) is 0 Å². The highest BCUT2D eigenvalue weighted by Gasteiger charge is 2.14. The Labute approximate surface area is 118 Å². The number of furan rings is 1. The first kappa shape index (κ1) is 14.0. The Morgan fingerprint density at radius 2 is 2.16 bits per heavy atom. The minimum Gasteiger partial charge on any atom is -0.496 e. The molecule has 4 heteroatoms. The molecular weight excluding hydrogens is 262 g/mol. The predicted molar refractivity (Wildman–Crippen MR) is 76.6 cm³/mol. The van der Waals surface area contributed by atoms with Crippen LogP contribution in [-0.2, 0) is 6.54 Å². The number of nitrogens with one attached hydrogen (secondary N) is 1. The smallest absolute Gasteiger partial charge is 0.124 e. The summed E-state index contributed by atoms with van der Waals surface area (Å²) >= 11 is 6.22. The van der Waals surface area contributed by atoms with E-state index in [1.807, 2.05) is 30.3 Å². The molecule has 0 saturated heterocycles. The molecule has 0 saturated carbocycles. The van der Waals surface area contributed by atoms with E-state index in [-0.39, 0.29) is 6.04 Å². The third kappa shape index (κ3) is 3.31. The third-order valence-corrected chi connectivity index (χ3v) is 3.47. The van der Waals surface area contributed by atoms with Crippen LogP contribution < -0.4 is 10.1 Å². The zero-order chi connectivity index (χ0) is 13.7. The summed E-state index contributed by atoms with van der Waals surface area (Å²) in [4.78, 5) is 0. The number of halogens is 1. The Balaban J connectivity index is 2.09. The second-order valence-electron chi connectivity index (χ2n) is 4.28. The number of ether oxygens (including phenoxy) is 1. The monoisotopic (exact) mass is 279 g/mol. The van der Waals surface area contributed by atoms with Crippen LogP contribution in [0, 0.1) is 0 Å². The highest BCUT2D eigenvalue weighted by atomic mass is 35.5. The van der Waals surface area contributed by atoms with Crippen molar-refractivity contribution in [3.8, 4) is 5.75 Å². The Hall–Kier alpha value is -1.45. The topological polar surface area (TPSA) is 34.4 Å². The Morgan fingerprint density at radius 1 is 1.32 bits per heavy atom. The molecule has 0 aliphatic rings. The Morgan fingerprint density at radius 3 is 2.79 bits per heavy atom. The quantitative estimate of drug-likeness (QED) is 0.861. The van der Waals surface area contributed by atoms with Crippen molar-refractivity contribution in [2.75, 3.05) is 7.11 Å². The first-order chi connectivity index (χ1) is 9.26. The van der Waals surface area contributed by atoms with Gasteiger partial charge in [-0.2, -0.15) is 0 Å². The lowest BCUT2D eigenvalue weighted by atomic mass is 10.1. The van der Waals surface area contributed by atoms with Crippen molar-refractivity contribution in [2.45, 2.75) is 25.9 Å². The number of benzene rings is 1. The molecule has 1 unspecified atom stereocenters. The first-order valence-corrected chi connectivity index (χ1v) is 6.72. The van der Waals surface area contributed by atoms with Gasteiger partial charge in [0.2, 0.25) is 0 Å². The van der Waals surface area contributed by atoms with Crippen molar-refractivity contribution in [3.63, 3.8) is 0 Å². The Kier molecular flexibility index (Phi) is 4.88. The number of hydrogen-bond acceptors (Lipinski definition) is 3. The van der Waals surface area contributed by atoms with Gasteiger partial charge in [-0.05, 0) is 30.7 Å². The summed E-state index contributed by atoms with van der Waals surface area (Å²) in [5, 5.41) is 4.15. The minimum absolute atomic E-state index is 0.177. The van der Waals surface area contributed by atoms with Crippen LogP contribution in [0.1, 0.15) is 30.7 Å². The third-order valence-electron chi connectivity index (χ3n) is 3.12. The van der Waals surface area contributed by atoms with E-state index in [2.05, 4.69) is 12.2 Å².